The van der Waals surface area contributed by atoms with E-state index in [-0.39, 0.29) is 34.1 Å². The van der Waals surface area contributed by atoms with Crippen molar-refractivity contribution in [2.75, 3.05) is 18.9 Å². The third kappa shape index (κ3) is 7.87. The minimum Gasteiger partial charge on any atom is -0.387 e. The fraction of sp³-hybridized carbons (Fsp3) is 0.643. The Balaban J connectivity index is 0.914. The summed E-state index contributed by atoms with van der Waals surface area (Å²) >= 11 is 0. The van der Waals surface area contributed by atoms with Crippen LogP contribution in [-0.4, -0.2) is 115 Å². The topological polar surface area (TPSA) is 370 Å². The average Bonchev–Trinajstić information content (AvgIpc) is 3.91. The van der Waals surface area contributed by atoms with Crippen molar-refractivity contribution in [3.05, 3.63) is 39.2 Å². The van der Waals surface area contributed by atoms with Gasteiger partial charge in [-0.05, 0) is 19.8 Å². The predicted octanol–water partition coefficient (Wildman–Crippen LogP) is -1.10. The Kier molecular flexibility index (Phi) is 10.7. The summed E-state index contributed by atoms with van der Waals surface area (Å²) in [4.78, 5) is 73.0. The molecule has 7 heterocycles. The van der Waals surface area contributed by atoms with Crippen molar-refractivity contribution in [3.63, 3.8) is 0 Å². The largest absolute Gasteiger partial charge is 0.490 e. The molecule has 8 rings (SSSR count). The number of aromatic nitrogens is 8. The molecule has 3 saturated heterocycles. The molecule has 0 radical (unpaired) electrons. The highest BCUT2D eigenvalue weighted by molar-refractivity contribution is 7.66. The summed E-state index contributed by atoms with van der Waals surface area (Å²) in [6.07, 6.45) is -4.23. The Hall–Kier alpha value is -3.33. The zero-order chi connectivity index (χ0) is 41.5. The molecule has 1 aliphatic carbocycles. The molecule has 318 valence electrons. The van der Waals surface area contributed by atoms with E-state index in [0.717, 1.165) is 30.2 Å². The number of aliphatic hydroxyl groups is 2. The summed E-state index contributed by atoms with van der Waals surface area (Å²) in [7, 11) is -15.6. The van der Waals surface area contributed by atoms with Gasteiger partial charge in [-0.2, -0.15) is 8.62 Å². The number of imidazole rings is 2. The van der Waals surface area contributed by atoms with Crippen LogP contribution in [0.25, 0.3) is 22.3 Å². The number of anilines is 1. The molecule has 4 aromatic rings. The number of aromatic amines is 2. The smallest absolute Gasteiger partial charge is 0.387 e. The molecular weight excluding hydrogens is 843 g/mol. The summed E-state index contributed by atoms with van der Waals surface area (Å²) in [6, 6.07) is 0. The molecule has 4 fully saturated rings. The predicted molar refractivity (Wildman–Crippen MR) is 188 cm³/mol. The first-order chi connectivity index (χ1) is 27.2. The number of aryl methyl sites for hydroxylation is 2. The molecule has 4 aromatic heterocycles. The number of rotatable bonds is 12. The Morgan fingerprint density at radius 2 is 1.57 bits per heavy atom. The standard InChI is InChI=1S/C28H38N9O18P3/c1-12-31-21-15(23(40)32-12)30-10-36(21)25-18(39)17(38)13(50-25)8-48-56(42,43)54-58(46,47)55-57(44,45)49-9-14-19-20(53-28(52-19)6-4-3-5-7-28)26(51-14)37-11-35(2)16-22(37)33-27(29)34-24(16)41/h10-11,13-14,17-20,25-26,38-39H,3-9H2,1-2H3,(H6-,29,31,32,33,34,40,41,42,43,44,45,46,47)/p+1/t13-,14-,17?,18+,19?,20+,25-,26-/m1/s1. The second-order valence-corrected chi connectivity index (χ2v) is 18.8. The summed E-state index contributed by atoms with van der Waals surface area (Å²) in [5.74, 6) is -0.976. The second-order valence-electron chi connectivity index (χ2n) is 14.1. The van der Waals surface area contributed by atoms with Gasteiger partial charge in [0.25, 0.3) is 17.1 Å². The third-order valence-corrected chi connectivity index (χ3v) is 14.3. The number of ether oxygens (including phenoxy) is 4. The number of nitrogen functional groups attached to an aromatic ring is 1. The van der Waals surface area contributed by atoms with Gasteiger partial charge in [0, 0.05) is 12.8 Å². The van der Waals surface area contributed by atoms with E-state index in [4.69, 9.17) is 33.7 Å². The van der Waals surface area contributed by atoms with Gasteiger partial charge >= 0.3 is 29.1 Å². The van der Waals surface area contributed by atoms with E-state index in [1.54, 1.807) is 7.05 Å². The maximum atomic E-state index is 13.0. The zero-order valence-corrected chi connectivity index (χ0v) is 33.1. The van der Waals surface area contributed by atoms with Crippen LogP contribution in [0.3, 0.4) is 0 Å². The molecule has 11 atom stereocenters. The Labute approximate surface area is 324 Å². The van der Waals surface area contributed by atoms with E-state index in [1.807, 2.05) is 0 Å². The van der Waals surface area contributed by atoms with Crippen molar-refractivity contribution in [3.8, 4) is 0 Å². The van der Waals surface area contributed by atoms with E-state index >= 15 is 0 Å². The molecule has 3 aliphatic heterocycles. The number of nitrogens with one attached hydrogen (secondary N) is 2. The van der Waals surface area contributed by atoms with Crippen LogP contribution in [0, 0.1) is 6.92 Å². The SMILES string of the molecule is Cc1nc2c(ncn2[C@@H]2O[C@H](COP(=O)(O)OP(=O)(O)OP(=O)(O)OC[C@H]3O[C@@H]([n+]4cn(C)c5c(=O)[nH]c(N)nc54)[C@H]4OC5(CCCCC5)OC34)C(O)[C@@H]2O)c(=O)[nH]1. The van der Waals surface area contributed by atoms with Crippen molar-refractivity contribution in [2.24, 2.45) is 7.05 Å². The van der Waals surface area contributed by atoms with Gasteiger partial charge in [0.1, 0.15) is 42.4 Å². The molecule has 27 nitrogen and oxygen atoms in total. The molecule has 1 saturated carbocycles. The quantitative estimate of drug-likeness (QED) is 0.0618. The van der Waals surface area contributed by atoms with Crippen LogP contribution in [-0.2, 0) is 57.4 Å². The van der Waals surface area contributed by atoms with Crippen LogP contribution >= 0.6 is 23.5 Å². The molecule has 5 unspecified atom stereocenters. The van der Waals surface area contributed by atoms with Crippen LogP contribution in [0.5, 0.6) is 0 Å². The van der Waals surface area contributed by atoms with Gasteiger partial charge in [-0.3, -0.25) is 32.8 Å². The second kappa shape index (κ2) is 15.0. The number of nitrogens with zero attached hydrogens (tertiary/aromatic N) is 6. The first kappa shape index (κ1) is 41.4. The van der Waals surface area contributed by atoms with Crippen LogP contribution in [0.4, 0.5) is 5.95 Å². The van der Waals surface area contributed by atoms with Crippen LogP contribution in [0.1, 0.15) is 50.4 Å². The maximum Gasteiger partial charge on any atom is 0.490 e. The Bertz CT molecular complexity index is 2500. The number of nitrogens with two attached hydrogens (primary N) is 1. The monoisotopic (exact) mass is 882 g/mol. The van der Waals surface area contributed by atoms with Gasteiger partial charge in [-0.25, -0.2) is 28.2 Å². The van der Waals surface area contributed by atoms with Crippen molar-refractivity contribution in [2.45, 2.75) is 93.9 Å². The molecule has 0 bridgehead atoms. The van der Waals surface area contributed by atoms with Crippen LogP contribution in [0.15, 0.2) is 22.2 Å². The molecule has 1 spiro atoms. The molecule has 0 amide bonds. The van der Waals surface area contributed by atoms with Crippen molar-refractivity contribution in [1.29, 1.82) is 0 Å². The Morgan fingerprint density at radius 1 is 0.914 bits per heavy atom. The number of hydrogen-bond acceptors (Lipinski definition) is 19. The normalized spacial score (nSPS) is 31.4. The first-order valence-corrected chi connectivity index (χ1v) is 22.2. The fourth-order valence-corrected chi connectivity index (χ4v) is 11.1. The molecule has 9 N–H and O–H groups in total. The van der Waals surface area contributed by atoms with Crippen molar-refractivity contribution < 1.29 is 79.8 Å². The van der Waals surface area contributed by atoms with Crippen LogP contribution in [0.2, 0.25) is 0 Å². The number of phosphoric ester groups is 2. The van der Waals surface area contributed by atoms with Crippen molar-refractivity contribution in [1.82, 2.24) is 34.1 Å². The highest BCUT2D eigenvalue weighted by Crippen LogP contribution is 2.68. The van der Waals surface area contributed by atoms with Gasteiger partial charge in [0.15, 0.2) is 29.5 Å². The van der Waals surface area contributed by atoms with Gasteiger partial charge in [0.2, 0.25) is 11.7 Å². The minimum atomic E-state index is -5.96. The zero-order valence-electron chi connectivity index (χ0n) is 30.4. The Morgan fingerprint density at radius 3 is 2.26 bits per heavy atom. The lowest BCUT2D eigenvalue weighted by atomic mass is 9.94. The summed E-state index contributed by atoms with van der Waals surface area (Å²) in [6.45, 7) is -0.352. The summed E-state index contributed by atoms with van der Waals surface area (Å²) in [5, 5.41) is 21.2. The summed E-state index contributed by atoms with van der Waals surface area (Å²) < 4.78 is 85.3. The molecular formula is C28H39N9O18P3+. The number of H-pyrrole nitrogens is 2. The van der Waals surface area contributed by atoms with Gasteiger partial charge < -0.3 is 54.6 Å². The van der Waals surface area contributed by atoms with E-state index in [0.29, 0.717) is 12.8 Å². The third-order valence-electron chi connectivity index (χ3n) is 10.0. The minimum absolute atomic E-state index is 0.00923. The molecule has 4 aliphatic rings. The highest BCUT2D eigenvalue weighted by Gasteiger charge is 2.61. The van der Waals surface area contributed by atoms with Gasteiger partial charge in [-0.1, -0.05) is 11.4 Å². The van der Waals surface area contributed by atoms with E-state index in [1.165, 1.54) is 22.4 Å². The van der Waals surface area contributed by atoms with Gasteiger partial charge in [0.05, 0.1) is 26.6 Å². The van der Waals surface area contributed by atoms with E-state index in [9.17, 15) is 48.2 Å². The molecule has 58 heavy (non-hydrogen) atoms. The summed E-state index contributed by atoms with van der Waals surface area (Å²) in [5.41, 5.74) is 4.88. The average molecular weight is 883 g/mol. The van der Waals surface area contributed by atoms with E-state index < -0.39 is 103 Å². The number of aliphatic hydroxyl groups excluding tert-OH is 2. The molecule has 30 heteroatoms. The fourth-order valence-electron chi connectivity index (χ4n) is 7.62. The lowest BCUT2D eigenvalue weighted by molar-refractivity contribution is -0.746. The van der Waals surface area contributed by atoms with Gasteiger partial charge in [-0.15, -0.1) is 0 Å². The van der Waals surface area contributed by atoms with Crippen LogP contribution < -0.4 is 21.4 Å². The molecule has 0 aromatic carbocycles. The number of fused-ring (bicyclic) bond motifs is 3. The maximum absolute atomic E-state index is 13.0. The number of hydrogen-bond donors (Lipinski definition) is 8. The lowest BCUT2D eigenvalue weighted by Gasteiger charge is -2.33. The highest BCUT2D eigenvalue weighted by atomic mass is 31.3. The van der Waals surface area contributed by atoms with Crippen molar-refractivity contribution >= 4 is 51.7 Å². The first-order valence-electron chi connectivity index (χ1n) is 17.7. The lowest BCUT2D eigenvalue weighted by Crippen LogP contribution is -2.47. The number of phosphoric acid groups is 3. The van der Waals surface area contributed by atoms with E-state index in [2.05, 4.69) is 33.5 Å².